The van der Waals surface area contributed by atoms with Gasteiger partial charge in [0.05, 0.1) is 16.6 Å². The normalized spacial score (nSPS) is 15.7. The molecule has 2 heterocycles. The third-order valence-electron chi connectivity index (χ3n) is 5.27. The van der Waals surface area contributed by atoms with E-state index in [-0.39, 0.29) is 11.5 Å². The second-order valence-electron chi connectivity index (χ2n) is 7.38. The predicted octanol–water partition coefficient (Wildman–Crippen LogP) is 4.17. The first kappa shape index (κ1) is 22.1. The number of amides is 1. The molecular weight excluding hydrogens is 450 g/mol. The molecule has 0 bridgehead atoms. The van der Waals surface area contributed by atoms with Crippen molar-refractivity contribution in [3.63, 3.8) is 0 Å². The predicted molar refractivity (Wildman–Crippen MR) is 122 cm³/mol. The first-order chi connectivity index (χ1) is 15.4. The van der Waals surface area contributed by atoms with Crippen molar-refractivity contribution in [1.82, 2.24) is 10.3 Å². The first-order valence-electron chi connectivity index (χ1n) is 10.1. The zero-order chi connectivity index (χ0) is 22.6. The maximum absolute atomic E-state index is 13.5. The quantitative estimate of drug-likeness (QED) is 0.582. The van der Waals surface area contributed by atoms with Gasteiger partial charge >= 0.3 is 6.09 Å². The molecule has 0 spiro atoms. The minimum atomic E-state index is -3.89. The van der Waals surface area contributed by atoms with Crippen molar-refractivity contribution in [2.75, 3.05) is 10.9 Å². The number of hydrogen-bond donors (Lipinski definition) is 1. The fraction of sp³-hybridized carbons (Fsp3) is 0.217. The fourth-order valence-corrected chi connectivity index (χ4v) is 5.50. The lowest BCUT2D eigenvalue weighted by Gasteiger charge is -2.37. The van der Waals surface area contributed by atoms with E-state index in [1.807, 2.05) is 12.1 Å². The Morgan fingerprint density at radius 3 is 2.56 bits per heavy atom. The number of para-hydroxylation sites is 1. The van der Waals surface area contributed by atoms with Crippen molar-refractivity contribution in [1.29, 1.82) is 0 Å². The third-order valence-corrected chi connectivity index (χ3v) is 7.40. The summed E-state index contributed by atoms with van der Waals surface area (Å²) in [6, 6.07) is 16.5. The summed E-state index contributed by atoms with van der Waals surface area (Å²) in [4.78, 5) is 16.3. The number of rotatable bonds is 6. The largest absolute Gasteiger partial charge is 0.447 e. The summed E-state index contributed by atoms with van der Waals surface area (Å²) in [6.45, 7) is 0.227. The number of sulfonamides is 1. The molecule has 1 amide bonds. The highest BCUT2D eigenvalue weighted by Gasteiger charge is 2.36. The van der Waals surface area contributed by atoms with Crippen molar-refractivity contribution < 1.29 is 17.9 Å². The number of carbonyl (C=O) groups is 1. The van der Waals surface area contributed by atoms with Crippen LogP contribution in [0.25, 0.3) is 0 Å². The van der Waals surface area contributed by atoms with Gasteiger partial charge in [0.15, 0.2) is 0 Å². The number of ether oxygens (including phenoxy) is 1. The lowest BCUT2D eigenvalue weighted by atomic mass is 9.98. The Labute approximate surface area is 192 Å². The standard InChI is InChI=1S/C23H22ClN3O4S/c24-19-6-9-21(10-7-19)32(29,30)27-20(8-5-18-3-1-2-4-22(18)27)16-31-23(28)26-15-17-11-13-25-14-12-17/h1-4,6-7,9-14,20H,5,8,15-16H2,(H,26,28). The van der Waals surface area contributed by atoms with Gasteiger partial charge in [0.2, 0.25) is 0 Å². The molecule has 2 aromatic carbocycles. The molecule has 0 aliphatic carbocycles. The number of aryl methyl sites for hydroxylation is 1. The van der Waals surface area contributed by atoms with Crippen LogP contribution in [0.4, 0.5) is 10.5 Å². The molecule has 0 saturated carbocycles. The minimum absolute atomic E-state index is 0.0661. The molecule has 1 N–H and O–H groups in total. The van der Waals surface area contributed by atoms with Crippen molar-refractivity contribution in [2.24, 2.45) is 0 Å². The number of carbonyl (C=O) groups excluding carboxylic acids is 1. The van der Waals surface area contributed by atoms with Crippen LogP contribution < -0.4 is 9.62 Å². The molecule has 3 aromatic rings. The molecular formula is C23H22ClN3O4S. The Kier molecular flexibility index (Phi) is 6.62. The van der Waals surface area contributed by atoms with Gasteiger partial charge in [-0.25, -0.2) is 13.2 Å². The van der Waals surface area contributed by atoms with E-state index in [2.05, 4.69) is 10.3 Å². The van der Waals surface area contributed by atoms with Gasteiger partial charge in [0.25, 0.3) is 10.0 Å². The molecule has 0 fully saturated rings. The first-order valence-corrected chi connectivity index (χ1v) is 11.9. The smallest absolute Gasteiger partial charge is 0.407 e. The van der Waals surface area contributed by atoms with Crippen molar-refractivity contribution in [2.45, 2.75) is 30.3 Å². The van der Waals surface area contributed by atoms with Crippen LogP contribution in [0.3, 0.4) is 0 Å². The number of halogens is 1. The van der Waals surface area contributed by atoms with Gasteiger partial charge < -0.3 is 10.1 Å². The number of benzene rings is 2. The molecule has 7 nitrogen and oxygen atoms in total. The number of anilines is 1. The maximum Gasteiger partial charge on any atom is 0.407 e. The number of alkyl carbamates (subject to hydrolysis) is 1. The molecule has 9 heteroatoms. The van der Waals surface area contributed by atoms with Gasteiger partial charge in [-0.3, -0.25) is 9.29 Å². The highest BCUT2D eigenvalue weighted by molar-refractivity contribution is 7.92. The Morgan fingerprint density at radius 1 is 1.09 bits per heavy atom. The fourth-order valence-electron chi connectivity index (χ4n) is 3.67. The summed E-state index contributed by atoms with van der Waals surface area (Å²) in [7, 11) is -3.89. The average Bonchev–Trinajstić information content (AvgIpc) is 2.81. The molecule has 0 radical (unpaired) electrons. The Balaban J connectivity index is 1.53. The van der Waals surface area contributed by atoms with Crippen LogP contribution in [0, 0.1) is 0 Å². The number of aromatic nitrogens is 1. The van der Waals surface area contributed by atoms with Crippen LogP contribution in [-0.4, -0.2) is 32.1 Å². The van der Waals surface area contributed by atoms with E-state index in [1.165, 1.54) is 16.4 Å². The number of nitrogens with one attached hydrogen (secondary N) is 1. The lowest BCUT2D eigenvalue weighted by Crippen LogP contribution is -2.47. The zero-order valence-electron chi connectivity index (χ0n) is 17.1. The van der Waals surface area contributed by atoms with Crippen LogP contribution in [0.5, 0.6) is 0 Å². The molecule has 1 atom stereocenters. The summed E-state index contributed by atoms with van der Waals surface area (Å²) < 4.78 is 33.9. The van der Waals surface area contributed by atoms with Gasteiger partial charge in [-0.15, -0.1) is 0 Å². The summed E-state index contributed by atoms with van der Waals surface area (Å²) >= 11 is 5.94. The number of pyridine rings is 1. The monoisotopic (exact) mass is 471 g/mol. The van der Waals surface area contributed by atoms with Crippen LogP contribution in [0.2, 0.25) is 5.02 Å². The molecule has 4 rings (SSSR count). The number of fused-ring (bicyclic) bond motifs is 1. The van der Waals surface area contributed by atoms with Crippen LogP contribution >= 0.6 is 11.6 Å². The second kappa shape index (κ2) is 9.58. The van der Waals surface area contributed by atoms with Gasteiger partial charge in [0, 0.05) is 24.0 Å². The Bertz CT molecular complexity index is 1190. The molecule has 1 aliphatic heterocycles. The molecule has 1 aliphatic rings. The summed E-state index contributed by atoms with van der Waals surface area (Å²) in [6.07, 6.45) is 3.89. The van der Waals surface area contributed by atoms with Gasteiger partial charge in [-0.05, 0) is 66.4 Å². The highest BCUT2D eigenvalue weighted by atomic mass is 35.5. The molecule has 32 heavy (non-hydrogen) atoms. The van der Waals surface area contributed by atoms with Crippen molar-refractivity contribution in [3.05, 3.63) is 89.2 Å². The Hall–Kier alpha value is -3.10. The molecule has 1 unspecified atom stereocenters. The lowest BCUT2D eigenvalue weighted by molar-refractivity contribution is 0.137. The molecule has 1 aromatic heterocycles. The van der Waals surface area contributed by atoms with Gasteiger partial charge in [-0.1, -0.05) is 29.8 Å². The van der Waals surface area contributed by atoms with E-state index in [4.69, 9.17) is 16.3 Å². The summed E-state index contributed by atoms with van der Waals surface area (Å²) in [5.41, 5.74) is 2.42. The number of hydrogen-bond acceptors (Lipinski definition) is 5. The van der Waals surface area contributed by atoms with E-state index in [0.717, 1.165) is 11.1 Å². The summed E-state index contributed by atoms with van der Waals surface area (Å²) in [5.74, 6) is 0. The van der Waals surface area contributed by atoms with E-state index in [0.29, 0.717) is 30.1 Å². The minimum Gasteiger partial charge on any atom is -0.447 e. The molecule has 166 valence electrons. The van der Waals surface area contributed by atoms with E-state index >= 15 is 0 Å². The van der Waals surface area contributed by atoms with E-state index < -0.39 is 22.2 Å². The number of nitrogens with zero attached hydrogens (tertiary/aromatic N) is 2. The van der Waals surface area contributed by atoms with Crippen LogP contribution in [0.1, 0.15) is 17.5 Å². The summed E-state index contributed by atoms with van der Waals surface area (Å²) in [5, 5.41) is 3.13. The van der Waals surface area contributed by atoms with E-state index in [9.17, 15) is 13.2 Å². The highest BCUT2D eigenvalue weighted by Crippen LogP contribution is 2.35. The maximum atomic E-state index is 13.5. The SMILES string of the molecule is O=C(NCc1ccncc1)OCC1CCc2ccccc2N1S(=O)(=O)c1ccc(Cl)cc1. The second-order valence-corrected chi connectivity index (χ2v) is 9.63. The van der Waals surface area contributed by atoms with Crippen molar-refractivity contribution >= 4 is 33.4 Å². The van der Waals surface area contributed by atoms with Gasteiger partial charge in [-0.2, -0.15) is 0 Å². The topological polar surface area (TPSA) is 88.6 Å². The van der Waals surface area contributed by atoms with Crippen LogP contribution in [-0.2, 0) is 27.7 Å². The Morgan fingerprint density at radius 2 is 1.81 bits per heavy atom. The van der Waals surface area contributed by atoms with Crippen LogP contribution in [0.15, 0.2) is 78.0 Å². The average molecular weight is 472 g/mol. The van der Waals surface area contributed by atoms with E-state index in [1.54, 1.807) is 48.8 Å². The van der Waals surface area contributed by atoms with Crippen molar-refractivity contribution in [3.8, 4) is 0 Å². The zero-order valence-corrected chi connectivity index (χ0v) is 18.7. The van der Waals surface area contributed by atoms with Gasteiger partial charge in [0.1, 0.15) is 6.61 Å². The molecule has 0 saturated heterocycles. The third kappa shape index (κ3) is 4.87.